The lowest BCUT2D eigenvalue weighted by Crippen LogP contribution is -1.97. The maximum atomic E-state index is 8.87. The Morgan fingerprint density at radius 2 is 2.11 bits per heavy atom. The van der Waals surface area contributed by atoms with Crippen LogP contribution in [-0.4, -0.2) is 16.9 Å². The van der Waals surface area contributed by atoms with Crippen LogP contribution in [-0.2, 0) is 7.05 Å². The second kappa shape index (κ2) is 4.71. The minimum absolute atomic E-state index is 0.368. The predicted molar refractivity (Wildman–Crippen MR) is 69.7 cm³/mol. The molecular formula is C13H12ClN3O. The molecule has 0 radical (unpaired) electrons. The van der Waals surface area contributed by atoms with Gasteiger partial charge < -0.3 is 4.74 Å². The average molecular weight is 262 g/mol. The van der Waals surface area contributed by atoms with E-state index >= 15 is 0 Å². The second-order valence-corrected chi connectivity index (χ2v) is 4.39. The lowest BCUT2D eigenvalue weighted by molar-refractivity contribution is 0.413. The van der Waals surface area contributed by atoms with Crippen molar-refractivity contribution in [2.75, 3.05) is 7.11 Å². The third-order valence-corrected chi connectivity index (χ3v) is 2.93. The molecule has 2 aromatic rings. The molecule has 92 valence electrons. The molecule has 0 fully saturated rings. The third-order valence-electron chi connectivity index (χ3n) is 2.71. The van der Waals surface area contributed by atoms with E-state index in [-0.39, 0.29) is 0 Å². The molecule has 0 aliphatic rings. The maximum Gasteiger partial charge on any atom is 0.163 e. The fourth-order valence-corrected chi connectivity index (χ4v) is 2.24. The average Bonchev–Trinajstić information content (AvgIpc) is 2.69. The van der Waals surface area contributed by atoms with Crippen LogP contribution in [0.1, 0.15) is 11.3 Å². The van der Waals surface area contributed by atoms with Gasteiger partial charge in [0.25, 0.3) is 0 Å². The molecule has 0 N–H and O–H groups in total. The molecule has 0 unspecified atom stereocenters. The van der Waals surface area contributed by atoms with E-state index in [1.165, 1.54) is 0 Å². The molecule has 5 heteroatoms. The number of benzene rings is 1. The first-order valence-corrected chi connectivity index (χ1v) is 5.73. The first kappa shape index (κ1) is 12.5. The fraction of sp³-hybridized carbons (Fsp3) is 0.231. The molecule has 0 saturated heterocycles. The zero-order valence-corrected chi connectivity index (χ0v) is 11.1. The van der Waals surface area contributed by atoms with Crippen molar-refractivity contribution in [3.63, 3.8) is 0 Å². The van der Waals surface area contributed by atoms with E-state index in [4.69, 9.17) is 21.6 Å². The zero-order chi connectivity index (χ0) is 13.3. The first-order chi connectivity index (χ1) is 8.56. The molecule has 2 rings (SSSR count). The van der Waals surface area contributed by atoms with Gasteiger partial charge in [-0.25, -0.2) is 0 Å². The van der Waals surface area contributed by atoms with E-state index in [1.54, 1.807) is 24.9 Å². The van der Waals surface area contributed by atoms with Crippen molar-refractivity contribution in [3.8, 4) is 23.1 Å². The van der Waals surface area contributed by atoms with Crippen molar-refractivity contribution >= 4 is 11.6 Å². The number of rotatable bonds is 2. The summed E-state index contributed by atoms with van der Waals surface area (Å²) in [6.45, 7) is 1.93. The van der Waals surface area contributed by atoms with Gasteiger partial charge in [0.05, 0.1) is 12.8 Å². The van der Waals surface area contributed by atoms with E-state index in [9.17, 15) is 0 Å². The van der Waals surface area contributed by atoms with Crippen molar-refractivity contribution in [1.29, 1.82) is 5.26 Å². The van der Waals surface area contributed by atoms with Crippen molar-refractivity contribution in [1.82, 2.24) is 9.78 Å². The normalized spacial score (nSPS) is 10.2. The molecule has 1 aromatic heterocycles. The third kappa shape index (κ3) is 2.05. The molecular weight excluding hydrogens is 250 g/mol. The highest BCUT2D eigenvalue weighted by atomic mass is 35.5. The highest BCUT2D eigenvalue weighted by molar-refractivity contribution is 6.31. The molecule has 1 heterocycles. The van der Waals surface area contributed by atoms with Crippen LogP contribution in [0.5, 0.6) is 5.75 Å². The summed E-state index contributed by atoms with van der Waals surface area (Å²) >= 11 is 6.07. The van der Waals surface area contributed by atoms with Gasteiger partial charge in [0.2, 0.25) is 0 Å². The van der Waals surface area contributed by atoms with Gasteiger partial charge in [0.15, 0.2) is 5.69 Å². The van der Waals surface area contributed by atoms with Crippen LogP contribution >= 0.6 is 11.6 Å². The monoisotopic (exact) mass is 261 g/mol. The Morgan fingerprint density at radius 3 is 2.67 bits per heavy atom. The van der Waals surface area contributed by atoms with Crippen LogP contribution < -0.4 is 4.74 Å². The lowest BCUT2D eigenvalue weighted by Gasteiger charge is -2.12. The zero-order valence-electron chi connectivity index (χ0n) is 10.4. The highest BCUT2D eigenvalue weighted by Crippen LogP contribution is 2.35. The molecule has 0 atom stereocenters. The topological polar surface area (TPSA) is 50.8 Å². The molecule has 0 spiro atoms. The number of nitriles is 1. The van der Waals surface area contributed by atoms with Gasteiger partial charge in [-0.2, -0.15) is 10.4 Å². The number of methoxy groups -OCH3 is 1. The molecule has 4 nitrogen and oxygen atoms in total. The number of ether oxygens (including phenoxy) is 1. The van der Waals surface area contributed by atoms with Crippen molar-refractivity contribution < 1.29 is 4.74 Å². The largest absolute Gasteiger partial charge is 0.496 e. The summed E-state index contributed by atoms with van der Waals surface area (Å²) in [6, 6.07) is 7.38. The lowest BCUT2D eigenvalue weighted by atomic mass is 10.1. The van der Waals surface area contributed by atoms with Crippen LogP contribution in [0.25, 0.3) is 11.3 Å². The summed E-state index contributed by atoms with van der Waals surface area (Å²) in [7, 11) is 3.40. The molecule has 0 aliphatic carbocycles. The van der Waals surface area contributed by atoms with Crippen molar-refractivity contribution in [2.24, 2.45) is 7.05 Å². The number of aryl methyl sites for hydroxylation is 2. The summed E-state index contributed by atoms with van der Waals surface area (Å²) < 4.78 is 7.05. The minimum Gasteiger partial charge on any atom is -0.496 e. The molecule has 1 aromatic carbocycles. The molecule has 0 amide bonds. The van der Waals surface area contributed by atoms with E-state index in [0.717, 1.165) is 22.6 Å². The van der Waals surface area contributed by atoms with Crippen molar-refractivity contribution in [3.05, 3.63) is 34.5 Å². The van der Waals surface area contributed by atoms with E-state index in [1.807, 2.05) is 25.1 Å². The quantitative estimate of drug-likeness (QED) is 0.835. The molecule has 0 saturated carbocycles. The summed E-state index contributed by atoms with van der Waals surface area (Å²) in [6.07, 6.45) is 0. The number of hydrogen-bond donors (Lipinski definition) is 0. The predicted octanol–water partition coefficient (Wildman–Crippen LogP) is 2.93. The van der Waals surface area contributed by atoms with Crippen LogP contribution in [0.2, 0.25) is 5.02 Å². The Labute approximate surface area is 110 Å². The summed E-state index contributed by atoms with van der Waals surface area (Å²) in [5.74, 6) is 0.742. The van der Waals surface area contributed by atoms with Gasteiger partial charge in [-0.3, -0.25) is 4.68 Å². The van der Waals surface area contributed by atoms with E-state index in [2.05, 4.69) is 5.10 Å². The number of hydrogen-bond acceptors (Lipinski definition) is 3. The van der Waals surface area contributed by atoms with Gasteiger partial charge in [-0.05, 0) is 24.6 Å². The fourth-order valence-electron chi connectivity index (χ4n) is 1.97. The Balaban J connectivity index is 2.70. The van der Waals surface area contributed by atoms with Crippen LogP contribution in [0.4, 0.5) is 0 Å². The van der Waals surface area contributed by atoms with Gasteiger partial charge in [-0.1, -0.05) is 11.6 Å². The smallest absolute Gasteiger partial charge is 0.163 e. The number of nitrogens with zero attached hydrogens (tertiary/aromatic N) is 3. The minimum atomic E-state index is 0.368. The Morgan fingerprint density at radius 1 is 1.39 bits per heavy atom. The van der Waals surface area contributed by atoms with Crippen LogP contribution in [0, 0.1) is 18.3 Å². The van der Waals surface area contributed by atoms with Gasteiger partial charge in [0.1, 0.15) is 11.8 Å². The highest BCUT2D eigenvalue weighted by Gasteiger charge is 2.15. The molecule has 18 heavy (non-hydrogen) atoms. The standard InChI is InChI=1S/C13H12ClN3O/c1-8-4-9(14)5-11(13(8)18-3)12-6-10(7-15)16-17(12)2/h4-6H,1-3H3. The molecule has 0 aliphatic heterocycles. The first-order valence-electron chi connectivity index (χ1n) is 5.35. The Kier molecular flexibility index (Phi) is 3.26. The Bertz CT molecular complexity index is 640. The van der Waals surface area contributed by atoms with Crippen LogP contribution in [0.3, 0.4) is 0 Å². The summed E-state index contributed by atoms with van der Waals surface area (Å²) in [5, 5.41) is 13.6. The van der Waals surface area contributed by atoms with Crippen molar-refractivity contribution in [2.45, 2.75) is 6.92 Å². The Hall–Kier alpha value is -1.99. The van der Waals surface area contributed by atoms with E-state index < -0.39 is 0 Å². The van der Waals surface area contributed by atoms with Crippen LogP contribution in [0.15, 0.2) is 18.2 Å². The summed E-state index contributed by atoms with van der Waals surface area (Å²) in [5.41, 5.74) is 2.94. The number of halogens is 1. The van der Waals surface area contributed by atoms with Gasteiger partial charge >= 0.3 is 0 Å². The second-order valence-electron chi connectivity index (χ2n) is 3.95. The van der Waals surface area contributed by atoms with Gasteiger partial charge in [0, 0.05) is 23.7 Å². The molecule has 0 bridgehead atoms. The van der Waals surface area contributed by atoms with E-state index in [0.29, 0.717) is 10.7 Å². The SMILES string of the molecule is COc1c(C)cc(Cl)cc1-c1cc(C#N)nn1C. The maximum absolute atomic E-state index is 8.87. The number of aromatic nitrogens is 2. The van der Waals surface area contributed by atoms with Gasteiger partial charge in [-0.15, -0.1) is 0 Å². The summed E-state index contributed by atoms with van der Waals surface area (Å²) in [4.78, 5) is 0.